The number of carbonyl (C=O) groups is 3. The fourth-order valence-corrected chi connectivity index (χ4v) is 5.36. The van der Waals surface area contributed by atoms with E-state index in [4.69, 9.17) is 27.9 Å². The summed E-state index contributed by atoms with van der Waals surface area (Å²) in [6, 6.07) is 10.9. The lowest BCUT2D eigenvalue weighted by Crippen LogP contribution is -2.47. The number of carbonyl (C=O) groups excluding carboxylic acids is 3. The first-order valence-electron chi connectivity index (χ1n) is 12.0. The summed E-state index contributed by atoms with van der Waals surface area (Å²) in [7, 11) is 0. The van der Waals surface area contributed by atoms with Crippen molar-refractivity contribution in [2.45, 2.75) is 51.2 Å². The SMILES string of the molecule is O=C(CCCc1ccccn1)C1CC(=O)N(C2CCN(C(=O)OCc3cc(Cl)cc(Cl)c3)CC2)C1. The van der Waals surface area contributed by atoms with Gasteiger partial charge in [0.15, 0.2) is 0 Å². The molecule has 0 spiro atoms. The van der Waals surface area contributed by atoms with Crippen LogP contribution in [-0.4, -0.2) is 58.2 Å². The highest BCUT2D eigenvalue weighted by Crippen LogP contribution is 2.27. The van der Waals surface area contributed by atoms with Crippen LogP contribution in [0, 0.1) is 5.92 Å². The lowest BCUT2D eigenvalue weighted by molar-refractivity contribution is -0.130. The first-order chi connectivity index (χ1) is 16.9. The highest BCUT2D eigenvalue weighted by Gasteiger charge is 2.39. The minimum Gasteiger partial charge on any atom is -0.445 e. The van der Waals surface area contributed by atoms with Crippen LogP contribution >= 0.6 is 23.2 Å². The van der Waals surface area contributed by atoms with Gasteiger partial charge in [-0.15, -0.1) is 0 Å². The fourth-order valence-electron chi connectivity index (χ4n) is 4.78. The fraction of sp³-hybridized carbons (Fsp3) is 0.462. The summed E-state index contributed by atoms with van der Waals surface area (Å²) in [5.74, 6) is -0.0513. The van der Waals surface area contributed by atoms with Crippen LogP contribution in [-0.2, 0) is 27.4 Å². The molecule has 0 aliphatic carbocycles. The lowest BCUT2D eigenvalue weighted by atomic mass is 9.98. The van der Waals surface area contributed by atoms with Gasteiger partial charge >= 0.3 is 6.09 Å². The Morgan fingerprint density at radius 3 is 2.51 bits per heavy atom. The first kappa shape index (κ1) is 25.5. The van der Waals surface area contributed by atoms with Crippen molar-refractivity contribution in [3.05, 3.63) is 63.9 Å². The van der Waals surface area contributed by atoms with E-state index in [-0.39, 0.29) is 36.7 Å². The van der Waals surface area contributed by atoms with Crippen molar-refractivity contribution < 1.29 is 19.1 Å². The van der Waals surface area contributed by atoms with E-state index < -0.39 is 6.09 Å². The van der Waals surface area contributed by atoms with Gasteiger partial charge in [-0.05, 0) is 61.6 Å². The third-order valence-electron chi connectivity index (χ3n) is 6.64. The summed E-state index contributed by atoms with van der Waals surface area (Å²) in [5.41, 5.74) is 1.70. The van der Waals surface area contributed by atoms with Gasteiger partial charge in [0.2, 0.25) is 5.91 Å². The van der Waals surface area contributed by atoms with Crippen LogP contribution in [0.15, 0.2) is 42.6 Å². The number of aryl methyl sites for hydroxylation is 1. The van der Waals surface area contributed by atoms with Crippen molar-refractivity contribution in [3.8, 4) is 0 Å². The summed E-state index contributed by atoms with van der Waals surface area (Å²) in [5, 5.41) is 0.981. The minimum absolute atomic E-state index is 0.0342. The van der Waals surface area contributed by atoms with Crippen LogP contribution < -0.4 is 0 Å². The molecule has 2 fully saturated rings. The molecule has 0 N–H and O–H groups in total. The van der Waals surface area contributed by atoms with Crippen LogP contribution in [0.2, 0.25) is 10.0 Å². The number of Topliss-reactive ketones (excluding diaryl/α,β-unsaturated/α-hetero) is 1. The minimum atomic E-state index is -0.395. The van der Waals surface area contributed by atoms with Gasteiger partial charge in [0.05, 0.1) is 0 Å². The summed E-state index contributed by atoms with van der Waals surface area (Å²) >= 11 is 12.0. The molecular weight excluding hydrogens is 489 g/mol. The first-order valence-corrected chi connectivity index (χ1v) is 12.7. The van der Waals surface area contributed by atoms with Gasteiger partial charge in [0.1, 0.15) is 12.4 Å². The quantitative estimate of drug-likeness (QED) is 0.495. The predicted octanol–water partition coefficient (Wildman–Crippen LogP) is 4.93. The second-order valence-electron chi connectivity index (χ2n) is 9.14. The number of piperidine rings is 1. The molecule has 2 aliphatic heterocycles. The number of likely N-dealkylation sites (tertiary alicyclic amines) is 2. The number of rotatable bonds is 8. The molecule has 0 saturated carbocycles. The molecule has 4 rings (SSSR count). The van der Waals surface area contributed by atoms with E-state index in [0.717, 1.165) is 24.1 Å². The van der Waals surface area contributed by atoms with Crippen molar-refractivity contribution >= 4 is 41.0 Å². The molecule has 1 unspecified atom stereocenters. The van der Waals surface area contributed by atoms with Crippen LogP contribution in [0.5, 0.6) is 0 Å². The number of hydrogen-bond acceptors (Lipinski definition) is 5. The summed E-state index contributed by atoms with van der Waals surface area (Å²) in [4.78, 5) is 45.6. The molecule has 2 saturated heterocycles. The number of halogens is 2. The van der Waals surface area contributed by atoms with Gasteiger partial charge in [0.25, 0.3) is 0 Å². The molecule has 2 amide bonds. The molecule has 35 heavy (non-hydrogen) atoms. The highest BCUT2D eigenvalue weighted by atomic mass is 35.5. The molecule has 1 atom stereocenters. The zero-order valence-corrected chi connectivity index (χ0v) is 21.0. The lowest BCUT2D eigenvalue weighted by Gasteiger charge is -2.36. The second-order valence-corrected chi connectivity index (χ2v) is 10.0. The summed E-state index contributed by atoms with van der Waals surface area (Å²) < 4.78 is 5.42. The van der Waals surface area contributed by atoms with Gasteiger partial charge in [-0.2, -0.15) is 0 Å². The Balaban J connectivity index is 1.19. The average molecular weight is 518 g/mol. The van der Waals surface area contributed by atoms with Gasteiger partial charge in [-0.1, -0.05) is 29.3 Å². The molecule has 0 radical (unpaired) electrons. The number of benzene rings is 1. The van der Waals surface area contributed by atoms with E-state index in [0.29, 0.717) is 48.9 Å². The number of hydrogen-bond donors (Lipinski definition) is 0. The van der Waals surface area contributed by atoms with E-state index in [1.807, 2.05) is 23.1 Å². The van der Waals surface area contributed by atoms with Gasteiger partial charge in [0, 0.05) is 66.4 Å². The number of ether oxygens (including phenoxy) is 1. The van der Waals surface area contributed by atoms with Crippen molar-refractivity contribution in [2.75, 3.05) is 19.6 Å². The van der Waals surface area contributed by atoms with Gasteiger partial charge < -0.3 is 14.5 Å². The summed E-state index contributed by atoms with van der Waals surface area (Å²) in [6.07, 6.45) is 4.95. The van der Waals surface area contributed by atoms with Crippen molar-refractivity contribution in [1.29, 1.82) is 0 Å². The standard InChI is InChI=1S/C26H29Cl2N3O4/c27-20-12-18(13-21(28)15-20)17-35-26(34)30-10-7-23(8-11-30)31-16-19(14-25(31)33)24(32)6-3-5-22-4-1-2-9-29-22/h1-2,4,9,12-13,15,19,23H,3,5-8,10-11,14,16-17H2. The van der Waals surface area contributed by atoms with Crippen LogP contribution in [0.25, 0.3) is 0 Å². The van der Waals surface area contributed by atoms with Crippen LogP contribution in [0.4, 0.5) is 4.79 Å². The second kappa shape index (κ2) is 11.9. The molecule has 1 aromatic heterocycles. The third kappa shape index (κ3) is 6.95. The Bertz CT molecular complexity index is 1040. The van der Waals surface area contributed by atoms with Gasteiger partial charge in [-0.3, -0.25) is 14.6 Å². The Morgan fingerprint density at radius 2 is 1.83 bits per heavy atom. The Hall–Kier alpha value is -2.64. The van der Waals surface area contributed by atoms with E-state index in [1.165, 1.54) is 0 Å². The smallest absolute Gasteiger partial charge is 0.410 e. The number of aromatic nitrogens is 1. The number of amides is 2. The number of pyridine rings is 1. The molecule has 2 aromatic rings. The average Bonchev–Trinajstić information content (AvgIpc) is 3.24. The molecule has 7 nitrogen and oxygen atoms in total. The molecule has 0 bridgehead atoms. The van der Waals surface area contributed by atoms with Crippen molar-refractivity contribution in [1.82, 2.24) is 14.8 Å². The monoisotopic (exact) mass is 517 g/mol. The maximum Gasteiger partial charge on any atom is 0.410 e. The Morgan fingerprint density at radius 1 is 1.09 bits per heavy atom. The predicted molar refractivity (Wildman–Crippen MR) is 133 cm³/mol. The van der Waals surface area contributed by atoms with Crippen molar-refractivity contribution in [2.24, 2.45) is 5.92 Å². The maximum absolute atomic E-state index is 12.7. The van der Waals surface area contributed by atoms with E-state index in [2.05, 4.69) is 4.98 Å². The molecular formula is C26H29Cl2N3O4. The molecule has 1 aromatic carbocycles. The number of nitrogens with zero attached hydrogens (tertiary/aromatic N) is 3. The van der Waals surface area contributed by atoms with Crippen LogP contribution in [0.3, 0.4) is 0 Å². The zero-order chi connectivity index (χ0) is 24.8. The highest BCUT2D eigenvalue weighted by molar-refractivity contribution is 6.34. The topological polar surface area (TPSA) is 79.8 Å². The molecule has 3 heterocycles. The Kier molecular flexibility index (Phi) is 8.63. The molecule has 2 aliphatic rings. The number of ketones is 1. The molecule has 186 valence electrons. The van der Waals surface area contributed by atoms with Crippen molar-refractivity contribution in [3.63, 3.8) is 0 Å². The van der Waals surface area contributed by atoms with Crippen LogP contribution in [0.1, 0.15) is 43.4 Å². The third-order valence-corrected chi connectivity index (χ3v) is 7.08. The van der Waals surface area contributed by atoms with E-state index in [1.54, 1.807) is 29.3 Å². The largest absolute Gasteiger partial charge is 0.445 e. The molecule has 9 heteroatoms. The maximum atomic E-state index is 12.7. The summed E-state index contributed by atoms with van der Waals surface area (Å²) in [6.45, 7) is 1.58. The normalized spacial score (nSPS) is 18.7. The zero-order valence-electron chi connectivity index (χ0n) is 19.5. The van der Waals surface area contributed by atoms with E-state index in [9.17, 15) is 14.4 Å². The van der Waals surface area contributed by atoms with E-state index >= 15 is 0 Å². The van der Waals surface area contributed by atoms with Gasteiger partial charge in [-0.25, -0.2) is 4.79 Å². The Labute approximate surface area is 215 Å².